The lowest BCUT2D eigenvalue weighted by molar-refractivity contribution is -0.119. The first-order valence-electron chi connectivity index (χ1n) is 10.2. The van der Waals surface area contributed by atoms with E-state index in [1.807, 2.05) is 6.92 Å². The van der Waals surface area contributed by atoms with Gasteiger partial charge >= 0.3 is 0 Å². The largest absolute Gasteiger partial charge is 0.495 e. The molecule has 1 N–H and O–H groups in total. The molecule has 3 aromatic carbocycles. The van der Waals surface area contributed by atoms with E-state index in [1.54, 1.807) is 66.7 Å². The van der Waals surface area contributed by atoms with Gasteiger partial charge in [0.15, 0.2) is 0 Å². The number of carbonyl (C=O) groups is 1. The summed E-state index contributed by atoms with van der Waals surface area (Å²) in [6.45, 7) is 1.98. The minimum absolute atomic E-state index is 0.0570. The SMILES string of the molecule is CCOc1ccc(/C=N\NC(=O)CN(c2ccccc2OC)S(=O)(=O)c2ccccc2)cc1. The molecule has 0 heterocycles. The zero-order valence-electron chi connectivity index (χ0n) is 18.3. The molecular weight excluding hydrogens is 442 g/mol. The maximum Gasteiger partial charge on any atom is 0.264 e. The molecule has 9 heteroatoms. The van der Waals surface area contributed by atoms with E-state index in [0.717, 1.165) is 15.6 Å². The fourth-order valence-corrected chi connectivity index (χ4v) is 4.47. The van der Waals surface area contributed by atoms with Crippen LogP contribution in [0.2, 0.25) is 0 Å². The van der Waals surface area contributed by atoms with E-state index >= 15 is 0 Å². The number of rotatable bonds is 10. The van der Waals surface area contributed by atoms with Crippen LogP contribution in [0.1, 0.15) is 12.5 Å². The van der Waals surface area contributed by atoms with Gasteiger partial charge in [-0.3, -0.25) is 9.10 Å². The van der Waals surface area contributed by atoms with Crippen LogP contribution in [0.5, 0.6) is 11.5 Å². The number of para-hydroxylation sites is 2. The molecule has 0 saturated heterocycles. The van der Waals surface area contributed by atoms with Gasteiger partial charge in [-0.05, 0) is 61.0 Å². The number of methoxy groups -OCH3 is 1. The number of hydrogen-bond donors (Lipinski definition) is 1. The van der Waals surface area contributed by atoms with Gasteiger partial charge in [-0.25, -0.2) is 13.8 Å². The lowest BCUT2D eigenvalue weighted by Crippen LogP contribution is -2.39. The van der Waals surface area contributed by atoms with Gasteiger partial charge in [-0.2, -0.15) is 5.10 Å². The van der Waals surface area contributed by atoms with Crippen LogP contribution in [0.4, 0.5) is 5.69 Å². The molecule has 0 aliphatic heterocycles. The second-order valence-corrected chi connectivity index (χ2v) is 8.65. The third-order valence-corrected chi connectivity index (χ3v) is 6.34. The van der Waals surface area contributed by atoms with Crippen molar-refractivity contribution in [3.63, 3.8) is 0 Å². The van der Waals surface area contributed by atoms with E-state index in [1.165, 1.54) is 25.5 Å². The molecule has 0 saturated carbocycles. The topological polar surface area (TPSA) is 97.3 Å². The van der Waals surface area contributed by atoms with Crippen LogP contribution in [0, 0.1) is 0 Å². The highest BCUT2D eigenvalue weighted by atomic mass is 32.2. The molecule has 172 valence electrons. The lowest BCUT2D eigenvalue weighted by atomic mass is 10.2. The molecule has 0 atom stereocenters. The highest BCUT2D eigenvalue weighted by molar-refractivity contribution is 7.92. The van der Waals surface area contributed by atoms with Crippen LogP contribution >= 0.6 is 0 Å². The summed E-state index contributed by atoms with van der Waals surface area (Å²) in [4.78, 5) is 12.7. The van der Waals surface area contributed by atoms with Gasteiger partial charge in [0.05, 0.1) is 30.5 Å². The van der Waals surface area contributed by atoms with Gasteiger partial charge < -0.3 is 9.47 Å². The Morgan fingerprint density at radius 1 is 1.00 bits per heavy atom. The average Bonchev–Trinajstić information content (AvgIpc) is 2.84. The maximum atomic E-state index is 13.4. The van der Waals surface area contributed by atoms with E-state index in [-0.39, 0.29) is 10.6 Å². The molecule has 3 rings (SSSR count). The molecule has 0 bridgehead atoms. The predicted molar refractivity (Wildman–Crippen MR) is 127 cm³/mol. The van der Waals surface area contributed by atoms with Gasteiger partial charge in [0, 0.05) is 0 Å². The number of amides is 1. The minimum atomic E-state index is -4.04. The Bertz CT molecular complexity index is 1200. The standard InChI is InChI=1S/C24H25N3O5S/c1-3-32-20-15-13-19(14-16-20)17-25-26-24(28)18-27(22-11-7-8-12-23(22)31-2)33(29,30)21-9-5-4-6-10-21/h4-17H,3,18H2,1-2H3,(H,26,28)/b25-17-. The molecule has 0 aliphatic carbocycles. The van der Waals surface area contributed by atoms with Gasteiger partial charge in [-0.1, -0.05) is 30.3 Å². The van der Waals surface area contributed by atoms with Crippen molar-refractivity contribution in [2.24, 2.45) is 5.10 Å². The van der Waals surface area contributed by atoms with Crippen molar-refractivity contribution >= 4 is 27.8 Å². The van der Waals surface area contributed by atoms with E-state index in [9.17, 15) is 13.2 Å². The van der Waals surface area contributed by atoms with Gasteiger partial charge in [-0.15, -0.1) is 0 Å². The quantitative estimate of drug-likeness (QED) is 0.364. The molecule has 33 heavy (non-hydrogen) atoms. The number of ether oxygens (including phenoxy) is 2. The summed E-state index contributed by atoms with van der Waals surface area (Å²) in [6.07, 6.45) is 1.47. The van der Waals surface area contributed by atoms with E-state index < -0.39 is 22.5 Å². The van der Waals surface area contributed by atoms with Crippen molar-refractivity contribution in [3.8, 4) is 11.5 Å². The summed E-state index contributed by atoms with van der Waals surface area (Å²) >= 11 is 0. The van der Waals surface area contributed by atoms with Crippen LogP contribution in [-0.4, -0.2) is 40.8 Å². The Kier molecular flexibility index (Phi) is 8.04. The summed E-state index contributed by atoms with van der Waals surface area (Å²) in [6, 6.07) is 21.7. The molecule has 0 radical (unpaired) electrons. The zero-order chi connectivity index (χ0) is 23.7. The summed E-state index contributed by atoms with van der Waals surface area (Å²) < 4.78 is 38.4. The molecule has 8 nitrogen and oxygen atoms in total. The second kappa shape index (κ2) is 11.1. The van der Waals surface area contributed by atoms with Gasteiger partial charge in [0.1, 0.15) is 18.0 Å². The van der Waals surface area contributed by atoms with Crippen LogP contribution in [0.15, 0.2) is 88.9 Å². The van der Waals surface area contributed by atoms with E-state index in [2.05, 4.69) is 10.5 Å². The highest BCUT2D eigenvalue weighted by Crippen LogP contribution is 2.32. The Balaban J connectivity index is 1.80. The fraction of sp³-hybridized carbons (Fsp3) is 0.167. The van der Waals surface area contributed by atoms with Crippen molar-refractivity contribution < 1.29 is 22.7 Å². The molecule has 0 fully saturated rings. The molecule has 0 aliphatic rings. The number of anilines is 1. The first-order valence-corrected chi connectivity index (χ1v) is 11.6. The monoisotopic (exact) mass is 467 g/mol. The molecule has 0 unspecified atom stereocenters. The number of nitrogens with zero attached hydrogens (tertiary/aromatic N) is 2. The Morgan fingerprint density at radius 3 is 2.33 bits per heavy atom. The highest BCUT2D eigenvalue weighted by Gasteiger charge is 2.29. The second-order valence-electron chi connectivity index (χ2n) is 6.79. The number of carbonyl (C=O) groups excluding carboxylic acids is 1. The Hall–Kier alpha value is -3.85. The molecule has 0 aromatic heterocycles. The zero-order valence-corrected chi connectivity index (χ0v) is 19.2. The maximum absolute atomic E-state index is 13.4. The third kappa shape index (κ3) is 6.11. The van der Waals surface area contributed by atoms with E-state index in [0.29, 0.717) is 12.4 Å². The number of hydrazone groups is 1. The van der Waals surface area contributed by atoms with Crippen molar-refractivity contribution in [3.05, 3.63) is 84.4 Å². The molecule has 0 spiro atoms. The number of sulfonamides is 1. The van der Waals surface area contributed by atoms with Crippen molar-refractivity contribution in [1.82, 2.24) is 5.43 Å². The normalized spacial score (nSPS) is 11.2. The summed E-state index contributed by atoms with van der Waals surface area (Å²) in [5.41, 5.74) is 3.38. The van der Waals surface area contributed by atoms with Gasteiger partial charge in [0.2, 0.25) is 0 Å². The predicted octanol–water partition coefficient (Wildman–Crippen LogP) is 3.44. The number of hydrogen-bond acceptors (Lipinski definition) is 6. The van der Waals surface area contributed by atoms with Crippen molar-refractivity contribution in [2.75, 3.05) is 24.6 Å². The third-order valence-electron chi connectivity index (χ3n) is 4.57. The number of nitrogens with one attached hydrogen (secondary N) is 1. The minimum Gasteiger partial charge on any atom is -0.495 e. The van der Waals surface area contributed by atoms with Crippen molar-refractivity contribution in [1.29, 1.82) is 0 Å². The van der Waals surface area contributed by atoms with Crippen LogP contribution in [-0.2, 0) is 14.8 Å². The van der Waals surface area contributed by atoms with Crippen LogP contribution in [0.25, 0.3) is 0 Å². The first-order chi connectivity index (χ1) is 16.0. The van der Waals surface area contributed by atoms with Crippen molar-refractivity contribution in [2.45, 2.75) is 11.8 Å². The number of benzene rings is 3. The fourth-order valence-electron chi connectivity index (χ4n) is 3.02. The molecule has 3 aromatic rings. The lowest BCUT2D eigenvalue weighted by Gasteiger charge is -2.25. The average molecular weight is 468 g/mol. The first kappa shape index (κ1) is 23.8. The summed E-state index contributed by atoms with van der Waals surface area (Å²) in [5.74, 6) is 0.447. The van der Waals surface area contributed by atoms with Crippen LogP contribution < -0.4 is 19.2 Å². The molecular formula is C24H25N3O5S. The van der Waals surface area contributed by atoms with Gasteiger partial charge in [0.25, 0.3) is 15.9 Å². The molecule has 1 amide bonds. The Labute approximate surface area is 193 Å². The van der Waals surface area contributed by atoms with Crippen LogP contribution in [0.3, 0.4) is 0 Å². The van der Waals surface area contributed by atoms with E-state index in [4.69, 9.17) is 9.47 Å². The smallest absolute Gasteiger partial charge is 0.264 e. The Morgan fingerprint density at radius 2 is 1.67 bits per heavy atom. The summed E-state index contributed by atoms with van der Waals surface area (Å²) in [7, 11) is -2.60. The summed E-state index contributed by atoms with van der Waals surface area (Å²) in [5, 5.41) is 3.94.